The topological polar surface area (TPSA) is 95.6 Å². The molecule has 1 unspecified atom stereocenters. The van der Waals surface area contributed by atoms with Crippen LogP contribution in [0.1, 0.15) is 46.8 Å². The van der Waals surface area contributed by atoms with Crippen LogP contribution < -0.4 is 10.6 Å². The van der Waals surface area contributed by atoms with Crippen LogP contribution in [-0.2, 0) is 33.9 Å². The Kier molecular flexibility index (Phi) is 6.95. The SMILES string of the molecule is CC(CCC(=O)NC=O)N1Cc2cc(CNC(=O)Cc3ccccc3)ccc2C1=O. The minimum absolute atomic E-state index is 0.0541. The molecule has 30 heavy (non-hydrogen) atoms. The fraction of sp³-hybridized carbons (Fsp3) is 0.304. The average molecular weight is 407 g/mol. The standard InChI is InChI=1S/C23H25N3O4/c1-16(7-10-21(28)25-15-27)26-14-19-11-18(8-9-20(19)23(26)30)13-24-22(29)12-17-5-3-2-4-6-17/h2-6,8-9,11,15-16H,7,10,12-14H2,1H3,(H,24,29)(H,25,27,28). The van der Waals surface area contributed by atoms with Gasteiger partial charge in [0.15, 0.2) is 0 Å². The first-order valence-corrected chi connectivity index (χ1v) is 9.94. The molecule has 3 rings (SSSR count). The summed E-state index contributed by atoms with van der Waals surface area (Å²) in [5, 5.41) is 5.03. The third-order valence-electron chi connectivity index (χ3n) is 5.24. The minimum Gasteiger partial charge on any atom is -0.352 e. The van der Waals surface area contributed by atoms with Crippen molar-refractivity contribution in [1.82, 2.24) is 15.5 Å². The maximum atomic E-state index is 12.7. The van der Waals surface area contributed by atoms with E-state index in [0.29, 0.717) is 37.9 Å². The van der Waals surface area contributed by atoms with E-state index in [2.05, 4.69) is 10.6 Å². The molecule has 7 nitrogen and oxygen atoms in total. The number of carbonyl (C=O) groups is 4. The van der Waals surface area contributed by atoms with Crippen LogP contribution >= 0.6 is 0 Å². The fourth-order valence-corrected chi connectivity index (χ4v) is 3.54. The van der Waals surface area contributed by atoms with Crippen LogP contribution in [0.15, 0.2) is 48.5 Å². The molecule has 2 aromatic carbocycles. The smallest absolute Gasteiger partial charge is 0.254 e. The molecule has 2 aromatic rings. The zero-order valence-electron chi connectivity index (χ0n) is 16.9. The van der Waals surface area contributed by atoms with Gasteiger partial charge in [-0.05, 0) is 36.1 Å². The van der Waals surface area contributed by atoms with E-state index < -0.39 is 0 Å². The molecule has 7 heteroatoms. The monoisotopic (exact) mass is 407 g/mol. The Hall–Kier alpha value is -3.48. The van der Waals surface area contributed by atoms with E-state index in [9.17, 15) is 19.2 Å². The lowest BCUT2D eigenvalue weighted by Crippen LogP contribution is -2.34. The average Bonchev–Trinajstić information content (AvgIpc) is 3.07. The van der Waals surface area contributed by atoms with E-state index in [4.69, 9.17) is 0 Å². The van der Waals surface area contributed by atoms with Gasteiger partial charge >= 0.3 is 0 Å². The van der Waals surface area contributed by atoms with Gasteiger partial charge in [0.2, 0.25) is 18.2 Å². The summed E-state index contributed by atoms with van der Waals surface area (Å²) in [5.41, 5.74) is 3.46. The van der Waals surface area contributed by atoms with Crippen LogP contribution in [0.2, 0.25) is 0 Å². The van der Waals surface area contributed by atoms with Crippen molar-refractivity contribution in [3.8, 4) is 0 Å². The lowest BCUT2D eigenvalue weighted by molar-refractivity contribution is -0.125. The number of hydrogen-bond acceptors (Lipinski definition) is 4. The molecular weight excluding hydrogens is 382 g/mol. The molecule has 0 radical (unpaired) electrons. The molecule has 1 heterocycles. The van der Waals surface area contributed by atoms with Crippen molar-refractivity contribution < 1.29 is 19.2 Å². The normalized spacial score (nSPS) is 13.5. The predicted octanol–water partition coefficient (Wildman–Crippen LogP) is 1.94. The highest BCUT2D eigenvalue weighted by Gasteiger charge is 2.30. The van der Waals surface area contributed by atoms with Crippen molar-refractivity contribution in [2.45, 2.75) is 45.3 Å². The molecule has 4 amide bonds. The lowest BCUT2D eigenvalue weighted by atomic mass is 10.1. The Labute approximate surface area is 175 Å². The van der Waals surface area contributed by atoms with Gasteiger partial charge in [0.05, 0.1) is 6.42 Å². The second kappa shape index (κ2) is 9.82. The molecule has 0 fully saturated rings. The summed E-state index contributed by atoms with van der Waals surface area (Å²) in [5.74, 6) is -0.468. The second-order valence-corrected chi connectivity index (χ2v) is 7.44. The number of carbonyl (C=O) groups excluding carboxylic acids is 4. The quantitative estimate of drug-likeness (QED) is 0.621. The largest absolute Gasteiger partial charge is 0.352 e. The van der Waals surface area contributed by atoms with Crippen molar-refractivity contribution in [1.29, 1.82) is 0 Å². The molecule has 0 spiro atoms. The van der Waals surface area contributed by atoms with Crippen LogP contribution in [-0.4, -0.2) is 35.1 Å². The van der Waals surface area contributed by atoms with Gasteiger partial charge in [-0.2, -0.15) is 0 Å². The molecule has 0 bridgehead atoms. The Morgan fingerprint density at radius 1 is 1.10 bits per heavy atom. The van der Waals surface area contributed by atoms with Gasteiger partial charge in [-0.25, -0.2) is 0 Å². The number of amides is 4. The number of benzene rings is 2. The summed E-state index contributed by atoms with van der Waals surface area (Å²) in [6, 6.07) is 15.0. The number of hydrogen-bond donors (Lipinski definition) is 2. The first-order chi connectivity index (χ1) is 14.5. The summed E-state index contributed by atoms with van der Waals surface area (Å²) in [4.78, 5) is 48.4. The van der Waals surface area contributed by atoms with Gasteiger partial charge in [-0.1, -0.05) is 42.5 Å². The van der Waals surface area contributed by atoms with Crippen molar-refractivity contribution in [2.24, 2.45) is 0 Å². The molecule has 1 aliphatic rings. The van der Waals surface area contributed by atoms with E-state index in [1.807, 2.05) is 49.4 Å². The fourth-order valence-electron chi connectivity index (χ4n) is 3.54. The lowest BCUT2D eigenvalue weighted by Gasteiger charge is -2.23. The van der Waals surface area contributed by atoms with Crippen LogP contribution in [0.4, 0.5) is 0 Å². The molecule has 1 atom stereocenters. The summed E-state index contributed by atoms with van der Waals surface area (Å²) in [7, 11) is 0. The molecule has 0 aliphatic carbocycles. The highest BCUT2D eigenvalue weighted by molar-refractivity contribution is 5.98. The van der Waals surface area contributed by atoms with E-state index in [-0.39, 0.29) is 30.2 Å². The zero-order chi connectivity index (χ0) is 21.5. The number of imide groups is 1. The van der Waals surface area contributed by atoms with Crippen molar-refractivity contribution in [2.75, 3.05) is 0 Å². The summed E-state index contributed by atoms with van der Waals surface area (Å²) in [6.07, 6.45) is 1.35. The molecule has 0 saturated heterocycles. The first-order valence-electron chi connectivity index (χ1n) is 9.94. The van der Waals surface area contributed by atoms with Gasteiger partial charge < -0.3 is 10.2 Å². The number of nitrogens with zero attached hydrogens (tertiary/aromatic N) is 1. The molecule has 1 aliphatic heterocycles. The van der Waals surface area contributed by atoms with Crippen molar-refractivity contribution in [3.63, 3.8) is 0 Å². The van der Waals surface area contributed by atoms with Gasteiger partial charge in [0.1, 0.15) is 0 Å². The number of nitrogens with one attached hydrogen (secondary N) is 2. The molecule has 2 N–H and O–H groups in total. The van der Waals surface area contributed by atoms with E-state index in [1.165, 1.54) is 0 Å². The van der Waals surface area contributed by atoms with Gasteiger partial charge in [0, 0.05) is 31.1 Å². The Morgan fingerprint density at radius 2 is 1.87 bits per heavy atom. The summed E-state index contributed by atoms with van der Waals surface area (Å²) in [6.45, 7) is 2.76. The van der Waals surface area contributed by atoms with E-state index in [0.717, 1.165) is 16.7 Å². The first kappa shape index (κ1) is 21.2. The Balaban J connectivity index is 1.55. The third kappa shape index (κ3) is 5.31. The van der Waals surface area contributed by atoms with Gasteiger partial charge in [0.25, 0.3) is 5.91 Å². The summed E-state index contributed by atoms with van der Waals surface area (Å²) < 4.78 is 0. The van der Waals surface area contributed by atoms with E-state index >= 15 is 0 Å². The highest BCUT2D eigenvalue weighted by Crippen LogP contribution is 2.27. The predicted molar refractivity (Wildman–Crippen MR) is 111 cm³/mol. The molecule has 0 saturated carbocycles. The highest BCUT2D eigenvalue weighted by atomic mass is 16.2. The molecule has 156 valence electrons. The maximum absolute atomic E-state index is 12.7. The minimum atomic E-state index is -0.352. The maximum Gasteiger partial charge on any atom is 0.254 e. The van der Waals surface area contributed by atoms with Crippen LogP contribution in [0.3, 0.4) is 0 Å². The van der Waals surface area contributed by atoms with Crippen LogP contribution in [0.5, 0.6) is 0 Å². The van der Waals surface area contributed by atoms with Gasteiger partial charge in [-0.3, -0.25) is 24.5 Å². The Bertz CT molecular complexity index is 943. The van der Waals surface area contributed by atoms with Gasteiger partial charge in [-0.15, -0.1) is 0 Å². The number of rotatable bonds is 9. The van der Waals surface area contributed by atoms with Crippen molar-refractivity contribution >= 4 is 24.1 Å². The molecule has 0 aromatic heterocycles. The van der Waals surface area contributed by atoms with Crippen LogP contribution in [0, 0.1) is 0 Å². The zero-order valence-corrected chi connectivity index (χ0v) is 16.9. The van der Waals surface area contributed by atoms with E-state index in [1.54, 1.807) is 11.0 Å². The second-order valence-electron chi connectivity index (χ2n) is 7.44. The third-order valence-corrected chi connectivity index (χ3v) is 5.24. The Morgan fingerprint density at radius 3 is 2.60 bits per heavy atom. The summed E-state index contributed by atoms with van der Waals surface area (Å²) >= 11 is 0. The number of fused-ring (bicyclic) bond motifs is 1. The molecular formula is C23H25N3O4. The van der Waals surface area contributed by atoms with Crippen LogP contribution in [0.25, 0.3) is 0 Å². The van der Waals surface area contributed by atoms with Crippen molar-refractivity contribution in [3.05, 3.63) is 70.8 Å².